The molecule has 1 fully saturated rings. The van der Waals surface area contributed by atoms with Gasteiger partial charge in [0.2, 0.25) is 5.95 Å². The van der Waals surface area contributed by atoms with E-state index in [-0.39, 0.29) is 0 Å². The van der Waals surface area contributed by atoms with Crippen molar-refractivity contribution in [2.24, 2.45) is 0 Å². The van der Waals surface area contributed by atoms with Crippen LogP contribution in [0.1, 0.15) is 12.8 Å². The fourth-order valence-electron chi connectivity index (χ4n) is 2.18. The van der Waals surface area contributed by atoms with E-state index in [1.165, 1.54) is 18.6 Å². The third-order valence-corrected chi connectivity index (χ3v) is 4.37. The van der Waals surface area contributed by atoms with Crippen molar-refractivity contribution in [1.82, 2.24) is 14.5 Å². The van der Waals surface area contributed by atoms with Crippen molar-refractivity contribution >= 4 is 28.7 Å². The fraction of sp³-hybridized carbons (Fsp3) is 0.455. The van der Waals surface area contributed by atoms with E-state index in [1.54, 1.807) is 12.4 Å². The molecule has 2 aromatic heterocycles. The van der Waals surface area contributed by atoms with E-state index in [0.29, 0.717) is 11.2 Å². The van der Waals surface area contributed by atoms with Crippen LogP contribution in [0.2, 0.25) is 0 Å². The lowest BCUT2D eigenvalue weighted by Gasteiger charge is -2.11. The van der Waals surface area contributed by atoms with Crippen LogP contribution in [0, 0.1) is 0 Å². The van der Waals surface area contributed by atoms with Gasteiger partial charge in [-0.05, 0) is 24.7 Å². The molecule has 3 heterocycles. The molecule has 4 nitrogen and oxygen atoms in total. The maximum absolute atomic E-state index is 5.95. The number of fused-ring (bicyclic) bond motifs is 1. The average molecular weight is 234 g/mol. The lowest BCUT2D eigenvalue weighted by atomic mass is 10.2. The molecule has 0 radical (unpaired) electrons. The predicted molar refractivity (Wildman–Crippen MR) is 67.4 cm³/mol. The summed E-state index contributed by atoms with van der Waals surface area (Å²) in [5.74, 6) is 1.88. The average Bonchev–Trinajstić information content (AvgIpc) is 2.89. The van der Waals surface area contributed by atoms with Gasteiger partial charge in [-0.1, -0.05) is 0 Å². The molecule has 1 saturated heterocycles. The first kappa shape index (κ1) is 9.96. The highest BCUT2D eigenvalue weighted by Crippen LogP contribution is 2.29. The molecule has 0 aromatic carbocycles. The Hall–Kier alpha value is -1.23. The van der Waals surface area contributed by atoms with Crippen LogP contribution < -0.4 is 5.73 Å². The third-order valence-electron chi connectivity index (χ3n) is 2.99. The van der Waals surface area contributed by atoms with Crippen molar-refractivity contribution in [2.75, 3.05) is 11.5 Å². The van der Waals surface area contributed by atoms with Gasteiger partial charge in [0.15, 0.2) is 0 Å². The number of hydrogen-bond acceptors (Lipinski definition) is 4. The minimum Gasteiger partial charge on any atom is -0.369 e. The summed E-state index contributed by atoms with van der Waals surface area (Å²) in [5.41, 5.74) is 7.94. The van der Waals surface area contributed by atoms with Crippen LogP contribution in [0.4, 0.5) is 5.95 Å². The maximum atomic E-state index is 5.95. The van der Waals surface area contributed by atoms with Crippen LogP contribution in [-0.4, -0.2) is 25.5 Å². The van der Waals surface area contributed by atoms with Crippen LogP contribution in [0.5, 0.6) is 0 Å². The molecule has 5 heteroatoms. The van der Waals surface area contributed by atoms with Gasteiger partial charge in [0.25, 0.3) is 0 Å². The molecule has 0 amide bonds. The fourth-order valence-corrected chi connectivity index (χ4v) is 3.44. The molecule has 3 rings (SSSR count). The van der Waals surface area contributed by atoms with Crippen LogP contribution in [0.3, 0.4) is 0 Å². The van der Waals surface area contributed by atoms with Crippen molar-refractivity contribution in [3.05, 3.63) is 18.5 Å². The molecule has 0 spiro atoms. The van der Waals surface area contributed by atoms with Crippen LogP contribution in [0.15, 0.2) is 18.5 Å². The monoisotopic (exact) mass is 234 g/mol. The van der Waals surface area contributed by atoms with E-state index in [2.05, 4.69) is 14.5 Å². The van der Waals surface area contributed by atoms with Crippen LogP contribution in [-0.2, 0) is 6.54 Å². The van der Waals surface area contributed by atoms with Gasteiger partial charge in [-0.25, -0.2) is 4.98 Å². The Bertz CT molecular complexity index is 502. The molecular formula is C11H14N4S. The second-order valence-electron chi connectivity index (χ2n) is 4.08. The number of imidazole rings is 1. The Balaban J connectivity index is 1.98. The van der Waals surface area contributed by atoms with Crippen molar-refractivity contribution < 1.29 is 0 Å². The Morgan fingerprint density at radius 1 is 1.56 bits per heavy atom. The minimum atomic E-state index is 0.607. The van der Waals surface area contributed by atoms with E-state index >= 15 is 0 Å². The zero-order valence-corrected chi connectivity index (χ0v) is 9.78. The van der Waals surface area contributed by atoms with Crippen molar-refractivity contribution in [2.45, 2.75) is 24.6 Å². The summed E-state index contributed by atoms with van der Waals surface area (Å²) < 4.78 is 2.11. The number of nitrogens with two attached hydrogens (primary N) is 1. The summed E-state index contributed by atoms with van der Waals surface area (Å²) in [4.78, 5) is 8.39. The maximum Gasteiger partial charge on any atom is 0.201 e. The molecule has 0 aliphatic carbocycles. The number of aromatic nitrogens is 3. The van der Waals surface area contributed by atoms with Gasteiger partial charge in [0, 0.05) is 18.0 Å². The molecule has 1 atom stereocenters. The number of rotatable bonds is 2. The molecule has 0 bridgehead atoms. The topological polar surface area (TPSA) is 56.7 Å². The SMILES string of the molecule is Nc1nc2cnccc2n1CC1CCCS1. The molecule has 1 unspecified atom stereocenters. The highest BCUT2D eigenvalue weighted by molar-refractivity contribution is 8.00. The first-order chi connectivity index (χ1) is 7.84. The minimum absolute atomic E-state index is 0.607. The van der Waals surface area contributed by atoms with Gasteiger partial charge in [-0.2, -0.15) is 11.8 Å². The van der Waals surface area contributed by atoms with Gasteiger partial charge in [0.05, 0.1) is 11.7 Å². The first-order valence-corrected chi connectivity index (χ1v) is 6.57. The molecule has 1 aliphatic heterocycles. The van der Waals surface area contributed by atoms with Gasteiger partial charge in [0.1, 0.15) is 5.52 Å². The zero-order valence-electron chi connectivity index (χ0n) is 8.97. The summed E-state index contributed by atoms with van der Waals surface area (Å²) in [5, 5.41) is 0.688. The third kappa shape index (κ3) is 1.65. The Morgan fingerprint density at radius 3 is 3.31 bits per heavy atom. The first-order valence-electron chi connectivity index (χ1n) is 5.52. The van der Waals surface area contributed by atoms with E-state index < -0.39 is 0 Å². The molecule has 2 N–H and O–H groups in total. The van der Waals surface area contributed by atoms with Crippen molar-refractivity contribution in [3.63, 3.8) is 0 Å². The molecule has 0 saturated carbocycles. The number of hydrogen-bond donors (Lipinski definition) is 1. The number of thioether (sulfide) groups is 1. The quantitative estimate of drug-likeness (QED) is 0.862. The summed E-state index contributed by atoms with van der Waals surface area (Å²) in [6.07, 6.45) is 6.17. The lowest BCUT2D eigenvalue weighted by Crippen LogP contribution is -2.12. The Kier molecular flexibility index (Phi) is 2.47. The predicted octanol–water partition coefficient (Wildman–Crippen LogP) is 1.91. The number of nitrogens with zero attached hydrogens (tertiary/aromatic N) is 3. The van der Waals surface area contributed by atoms with Gasteiger partial charge >= 0.3 is 0 Å². The second kappa shape index (κ2) is 3.97. The number of anilines is 1. The molecule has 2 aromatic rings. The summed E-state index contributed by atoms with van der Waals surface area (Å²) in [6.45, 7) is 0.969. The Morgan fingerprint density at radius 2 is 2.50 bits per heavy atom. The molecular weight excluding hydrogens is 220 g/mol. The second-order valence-corrected chi connectivity index (χ2v) is 5.49. The standard InChI is InChI=1S/C11H14N4S/c12-11-14-9-6-13-4-3-10(9)15(11)7-8-2-1-5-16-8/h3-4,6,8H,1-2,5,7H2,(H2,12,14). The lowest BCUT2D eigenvalue weighted by molar-refractivity contribution is 0.658. The van der Waals surface area contributed by atoms with Gasteiger partial charge in [-0.3, -0.25) is 4.98 Å². The Labute approximate surface area is 98.3 Å². The van der Waals surface area contributed by atoms with E-state index in [9.17, 15) is 0 Å². The van der Waals surface area contributed by atoms with Gasteiger partial charge < -0.3 is 10.3 Å². The van der Waals surface area contributed by atoms with Crippen molar-refractivity contribution in [1.29, 1.82) is 0 Å². The summed E-state index contributed by atoms with van der Waals surface area (Å²) in [6, 6.07) is 1.98. The highest BCUT2D eigenvalue weighted by Gasteiger charge is 2.18. The highest BCUT2D eigenvalue weighted by atomic mass is 32.2. The summed E-state index contributed by atoms with van der Waals surface area (Å²) in [7, 11) is 0. The number of nitrogen functional groups attached to an aromatic ring is 1. The normalized spacial score (nSPS) is 20.6. The molecule has 16 heavy (non-hydrogen) atoms. The largest absolute Gasteiger partial charge is 0.369 e. The van der Waals surface area contributed by atoms with Crippen LogP contribution in [0.25, 0.3) is 11.0 Å². The number of pyridine rings is 1. The van der Waals surface area contributed by atoms with Crippen molar-refractivity contribution in [3.8, 4) is 0 Å². The van der Waals surface area contributed by atoms with E-state index in [1.807, 2.05) is 17.8 Å². The molecule has 84 valence electrons. The van der Waals surface area contributed by atoms with E-state index in [4.69, 9.17) is 5.73 Å². The zero-order chi connectivity index (χ0) is 11.0. The molecule has 1 aliphatic rings. The van der Waals surface area contributed by atoms with Gasteiger partial charge in [-0.15, -0.1) is 0 Å². The smallest absolute Gasteiger partial charge is 0.201 e. The van der Waals surface area contributed by atoms with E-state index in [0.717, 1.165) is 17.6 Å². The summed E-state index contributed by atoms with van der Waals surface area (Å²) >= 11 is 2.04. The van der Waals surface area contributed by atoms with Crippen LogP contribution >= 0.6 is 11.8 Å².